The summed E-state index contributed by atoms with van der Waals surface area (Å²) in [6, 6.07) is 14.6. The van der Waals surface area contributed by atoms with E-state index in [4.69, 9.17) is 17.0 Å². The van der Waals surface area contributed by atoms with Gasteiger partial charge in [0.05, 0.1) is 12.8 Å². The first-order valence-corrected chi connectivity index (χ1v) is 9.14. The van der Waals surface area contributed by atoms with Crippen molar-refractivity contribution in [1.82, 2.24) is 5.32 Å². The maximum Gasteiger partial charge on any atom is 0.250 e. The van der Waals surface area contributed by atoms with Gasteiger partial charge in [-0.1, -0.05) is 44.2 Å². The highest BCUT2D eigenvalue weighted by atomic mass is 32.1. The Bertz CT molecular complexity index is 880. The number of thiocarbonyl (C=S) groups is 1. The highest BCUT2D eigenvalue weighted by Gasteiger charge is 2.12. The molecule has 0 unspecified atom stereocenters. The number of methoxy groups -OCH3 is 1. The predicted octanol–water partition coefficient (Wildman–Crippen LogP) is 3.82. The summed E-state index contributed by atoms with van der Waals surface area (Å²) >= 11 is 5.17. The zero-order valence-electron chi connectivity index (χ0n) is 16.0. The lowest BCUT2D eigenvalue weighted by atomic mass is 10.2. The zero-order chi connectivity index (χ0) is 20.5. The van der Waals surface area contributed by atoms with Gasteiger partial charge in [-0.15, -0.1) is 0 Å². The van der Waals surface area contributed by atoms with Crippen LogP contribution < -0.4 is 20.7 Å². The minimum atomic E-state index is -0.339. The summed E-state index contributed by atoms with van der Waals surface area (Å²) in [5.41, 5.74) is 2.10. The molecular weight excluding hydrogens is 374 g/mol. The van der Waals surface area contributed by atoms with Gasteiger partial charge in [-0.3, -0.25) is 14.9 Å². The van der Waals surface area contributed by atoms with E-state index in [0.717, 1.165) is 5.56 Å². The molecule has 0 aliphatic heterocycles. The van der Waals surface area contributed by atoms with Crippen LogP contribution in [0.25, 0.3) is 6.08 Å². The van der Waals surface area contributed by atoms with Crippen molar-refractivity contribution in [2.24, 2.45) is 5.92 Å². The van der Waals surface area contributed by atoms with Crippen molar-refractivity contribution in [2.75, 3.05) is 17.7 Å². The van der Waals surface area contributed by atoms with Gasteiger partial charge < -0.3 is 15.4 Å². The first-order valence-electron chi connectivity index (χ1n) is 8.73. The highest BCUT2D eigenvalue weighted by Crippen LogP contribution is 2.28. The standard InChI is InChI=1S/C21H23N3O3S/c1-14(2)20(26)23-17-11-10-16(13-18(17)27-3)22-21(28)24-19(25)12-9-15-7-5-4-6-8-15/h4-14H,1-3H3,(H,23,26)(H2,22,24,25,28)/b12-9+. The molecule has 0 atom stereocenters. The molecule has 28 heavy (non-hydrogen) atoms. The summed E-state index contributed by atoms with van der Waals surface area (Å²) in [4.78, 5) is 23.9. The number of anilines is 2. The quantitative estimate of drug-likeness (QED) is 0.510. The second kappa shape index (κ2) is 10.2. The molecule has 0 bridgehead atoms. The Balaban J connectivity index is 1.96. The van der Waals surface area contributed by atoms with E-state index in [1.54, 1.807) is 24.3 Å². The lowest BCUT2D eigenvalue weighted by Gasteiger charge is -2.14. The van der Waals surface area contributed by atoms with Gasteiger partial charge in [0.2, 0.25) is 11.8 Å². The Hall–Kier alpha value is -3.19. The van der Waals surface area contributed by atoms with E-state index in [1.165, 1.54) is 13.2 Å². The lowest BCUT2D eigenvalue weighted by molar-refractivity contribution is -0.119. The normalized spacial score (nSPS) is 10.6. The Morgan fingerprint density at radius 1 is 1.07 bits per heavy atom. The predicted molar refractivity (Wildman–Crippen MR) is 116 cm³/mol. The first kappa shape index (κ1) is 21.1. The number of carbonyl (C=O) groups excluding carboxylic acids is 2. The molecule has 7 heteroatoms. The van der Waals surface area contributed by atoms with Crippen LogP contribution in [-0.2, 0) is 9.59 Å². The molecule has 0 heterocycles. The van der Waals surface area contributed by atoms with E-state index < -0.39 is 0 Å². The average molecular weight is 398 g/mol. The summed E-state index contributed by atoms with van der Waals surface area (Å²) < 4.78 is 5.32. The molecule has 2 aromatic carbocycles. The summed E-state index contributed by atoms with van der Waals surface area (Å²) in [5, 5.41) is 8.46. The van der Waals surface area contributed by atoms with Crippen molar-refractivity contribution >= 4 is 46.6 Å². The Kier molecular flexibility index (Phi) is 7.71. The topological polar surface area (TPSA) is 79.5 Å². The monoisotopic (exact) mass is 397 g/mol. The number of hydrogen-bond acceptors (Lipinski definition) is 4. The molecule has 2 aromatic rings. The summed E-state index contributed by atoms with van der Waals surface area (Å²) in [7, 11) is 1.51. The van der Waals surface area contributed by atoms with Crippen LogP contribution in [-0.4, -0.2) is 24.0 Å². The SMILES string of the molecule is COc1cc(NC(=S)NC(=O)/C=C/c2ccccc2)ccc1NC(=O)C(C)C. The molecule has 2 rings (SSSR count). The van der Waals surface area contributed by atoms with Gasteiger partial charge in [0, 0.05) is 23.7 Å². The fourth-order valence-corrected chi connectivity index (χ4v) is 2.42. The maximum atomic E-state index is 12.0. The molecular formula is C21H23N3O3S. The van der Waals surface area contributed by atoms with Crippen LogP contribution in [0.15, 0.2) is 54.6 Å². The average Bonchev–Trinajstić information content (AvgIpc) is 2.68. The van der Waals surface area contributed by atoms with Crippen LogP contribution in [0.1, 0.15) is 19.4 Å². The van der Waals surface area contributed by atoms with Crippen molar-refractivity contribution in [3.8, 4) is 5.75 Å². The van der Waals surface area contributed by atoms with Gasteiger partial charge in [-0.2, -0.15) is 0 Å². The summed E-state index contributed by atoms with van der Waals surface area (Å²) in [5.74, 6) is -0.104. The molecule has 0 saturated carbocycles. The molecule has 0 fully saturated rings. The third kappa shape index (κ3) is 6.51. The number of benzene rings is 2. The third-order valence-corrected chi connectivity index (χ3v) is 3.91. The second-order valence-electron chi connectivity index (χ2n) is 6.25. The molecule has 0 aliphatic rings. The number of ether oxygens (including phenoxy) is 1. The summed E-state index contributed by atoms with van der Waals surface area (Å²) in [6.45, 7) is 3.62. The number of hydrogen-bond donors (Lipinski definition) is 3. The van der Waals surface area contributed by atoms with Crippen LogP contribution in [0, 0.1) is 5.92 Å². The van der Waals surface area contributed by atoms with E-state index in [9.17, 15) is 9.59 Å². The smallest absolute Gasteiger partial charge is 0.250 e. The van der Waals surface area contributed by atoms with Crippen LogP contribution in [0.3, 0.4) is 0 Å². The van der Waals surface area contributed by atoms with E-state index in [2.05, 4.69) is 16.0 Å². The van der Waals surface area contributed by atoms with Crippen LogP contribution in [0.2, 0.25) is 0 Å². The van der Waals surface area contributed by atoms with E-state index in [1.807, 2.05) is 44.2 Å². The molecule has 0 spiro atoms. The molecule has 3 N–H and O–H groups in total. The third-order valence-electron chi connectivity index (χ3n) is 3.71. The number of rotatable bonds is 6. The first-order chi connectivity index (χ1) is 13.4. The van der Waals surface area contributed by atoms with Crippen molar-refractivity contribution in [3.05, 3.63) is 60.2 Å². The number of carbonyl (C=O) groups is 2. The van der Waals surface area contributed by atoms with Gasteiger partial charge in [0.25, 0.3) is 0 Å². The molecule has 0 aliphatic carbocycles. The molecule has 146 valence electrons. The molecule has 0 radical (unpaired) electrons. The van der Waals surface area contributed by atoms with Crippen molar-refractivity contribution in [1.29, 1.82) is 0 Å². The Morgan fingerprint density at radius 3 is 2.43 bits per heavy atom. The van der Waals surface area contributed by atoms with E-state index in [-0.39, 0.29) is 22.8 Å². The van der Waals surface area contributed by atoms with Crippen LogP contribution >= 0.6 is 12.2 Å². The Labute approximate surface area is 170 Å². The maximum absolute atomic E-state index is 12.0. The Morgan fingerprint density at radius 2 is 1.79 bits per heavy atom. The van der Waals surface area contributed by atoms with Gasteiger partial charge in [0.15, 0.2) is 5.11 Å². The summed E-state index contributed by atoms with van der Waals surface area (Å²) in [6.07, 6.45) is 3.11. The van der Waals surface area contributed by atoms with Crippen LogP contribution in [0.4, 0.5) is 11.4 Å². The van der Waals surface area contributed by atoms with Crippen LogP contribution in [0.5, 0.6) is 5.75 Å². The second-order valence-corrected chi connectivity index (χ2v) is 6.65. The van der Waals surface area contributed by atoms with Gasteiger partial charge in [-0.05, 0) is 36.0 Å². The van der Waals surface area contributed by atoms with Gasteiger partial charge in [0.1, 0.15) is 5.75 Å². The largest absolute Gasteiger partial charge is 0.494 e. The molecule has 6 nitrogen and oxygen atoms in total. The van der Waals surface area contributed by atoms with Crippen molar-refractivity contribution < 1.29 is 14.3 Å². The fraction of sp³-hybridized carbons (Fsp3) is 0.190. The number of nitrogens with one attached hydrogen (secondary N) is 3. The van der Waals surface area contributed by atoms with E-state index >= 15 is 0 Å². The molecule has 0 saturated heterocycles. The van der Waals surface area contributed by atoms with Gasteiger partial charge >= 0.3 is 0 Å². The van der Waals surface area contributed by atoms with Gasteiger partial charge in [-0.25, -0.2) is 0 Å². The number of amides is 2. The highest BCUT2D eigenvalue weighted by molar-refractivity contribution is 7.80. The van der Waals surface area contributed by atoms with E-state index in [0.29, 0.717) is 17.1 Å². The lowest BCUT2D eigenvalue weighted by Crippen LogP contribution is -2.32. The fourth-order valence-electron chi connectivity index (χ4n) is 2.20. The minimum absolute atomic E-state index is 0.105. The molecule has 0 aromatic heterocycles. The minimum Gasteiger partial charge on any atom is -0.494 e. The molecule has 2 amide bonds. The van der Waals surface area contributed by atoms with Crippen molar-refractivity contribution in [2.45, 2.75) is 13.8 Å². The zero-order valence-corrected chi connectivity index (χ0v) is 16.8. The van der Waals surface area contributed by atoms with Crippen molar-refractivity contribution in [3.63, 3.8) is 0 Å².